The van der Waals surface area contributed by atoms with Gasteiger partial charge in [-0.1, -0.05) is 12.1 Å². The summed E-state index contributed by atoms with van der Waals surface area (Å²) in [6, 6.07) is 0.335. The number of halogens is 1. The number of amides is 1. The first-order chi connectivity index (χ1) is 9.63. The first-order valence-corrected chi connectivity index (χ1v) is 7.62. The van der Waals surface area contributed by atoms with Crippen molar-refractivity contribution >= 4 is 17.5 Å². The summed E-state index contributed by atoms with van der Waals surface area (Å²) >= 11 is 5.93. The molecule has 20 heavy (non-hydrogen) atoms. The topological polar surface area (TPSA) is 58.4 Å². The van der Waals surface area contributed by atoms with Crippen LogP contribution in [0.2, 0.25) is 5.22 Å². The van der Waals surface area contributed by atoms with Crippen LogP contribution in [-0.2, 0) is 11.2 Å². The van der Waals surface area contributed by atoms with Gasteiger partial charge in [0.1, 0.15) is 0 Å². The second-order valence-corrected chi connectivity index (χ2v) is 5.60. The lowest BCUT2D eigenvalue weighted by atomic mass is 10.1. The quantitative estimate of drug-likeness (QED) is 0.874. The molecule has 112 valence electrons. The summed E-state index contributed by atoms with van der Waals surface area (Å²) in [7, 11) is 0. The number of aromatic nitrogens is 1. The fourth-order valence-corrected chi connectivity index (χ4v) is 2.94. The Morgan fingerprint density at radius 2 is 2.40 bits per heavy atom. The molecule has 1 saturated heterocycles. The SMILES string of the molecule is CCCN(C(=O)CCc1c(C)noc1Cl)C1CCNC1. The molecule has 0 radical (unpaired) electrons. The Morgan fingerprint density at radius 1 is 1.60 bits per heavy atom. The molecule has 6 heteroatoms. The van der Waals surface area contributed by atoms with Crippen LogP contribution in [0.15, 0.2) is 4.52 Å². The van der Waals surface area contributed by atoms with Crippen molar-refractivity contribution in [2.75, 3.05) is 19.6 Å². The van der Waals surface area contributed by atoms with Crippen LogP contribution in [0.25, 0.3) is 0 Å². The third-order valence-electron chi connectivity index (χ3n) is 3.79. The lowest BCUT2D eigenvalue weighted by Gasteiger charge is -2.28. The van der Waals surface area contributed by atoms with Gasteiger partial charge in [-0.05, 0) is 44.3 Å². The van der Waals surface area contributed by atoms with Gasteiger partial charge in [0, 0.05) is 31.1 Å². The minimum Gasteiger partial charge on any atom is -0.344 e. The summed E-state index contributed by atoms with van der Waals surface area (Å²) in [5, 5.41) is 7.43. The molecule has 0 bridgehead atoms. The van der Waals surface area contributed by atoms with Gasteiger partial charge in [0.15, 0.2) is 0 Å². The highest BCUT2D eigenvalue weighted by atomic mass is 35.5. The zero-order valence-electron chi connectivity index (χ0n) is 12.1. The van der Waals surface area contributed by atoms with E-state index in [9.17, 15) is 4.79 Å². The van der Waals surface area contributed by atoms with Crippen molar-refractivity contribution in [2.24, 2.45) is 0 Å². The zero-order chi connectivity index (χ0) is 14.5. The Bertz CT molecular complexity index is 436. The van der Waals surface area contributed by atoms with E-state index in [4.69, 9.17) is 16.1 Å². The minimum absolute atomic E-state index is 0.192. The number of nitrogens with one attached hydrogen (secondary N) is 1. The van der Waals surface area contributed by atoms with E-state index < -0.39 is 0 Å². The molecular weight excluding hydrogens is 278 g/mol. The van der Waals surface area contributed by atoms with E-state index in [-0.39, 0.29) is 5.91 Å². The van der Waals surface area contributed by atoms with Crippen LogP contribution in [0.3, 0.4) is 0 Å². The highest BCUT2D eigenvalue weighted by Crippen LogP contribution is 2.21. The fourth-order valence-electron chi connectivity index (χ4n) is 2.67. The summed E-state index contributed by atoms with van der Waals surface area (Å²) in [6.07, 6.45) is 3.07. The van der Waals surface area contributed by atoms with Crippen molar-refractivity contribution in [3.05, 3.63) is 16.5 Å². The second kappa shape index (κ2) is 7.09. The smallest absolute Gasteiger partial charge is 0.229 e. The van der Waals surface area contributed by atoms with Gasteiger partial charge in [-0.25, -0.2) is 0 Å². The maximum Gasteiger partial charge on any atom is 0.229 e. The Balaban J connectivity index is 1.94. The molecule has 1 aliphatic rings. The first kappa shape index (κ1) is 15.3. The van der Waals surface area contributed by atoms with Gasteiger partial charge >= 0.3 is 0 Å². The molecule has 2 rings (SSSR count). The number of hydrogen-bond donors (Lipinski definition) is 1. The largest absolute Gasteiger partial charge is 0.344 e. The van der Waals surface area contributed by atoms with Crippen LogP contribution in [0.4, 0.5) is 0 Å². The van der Waals surface area contributed by atoms with Gasteiger partial charge in [0.05, 0.1) is 5.69 Å². The number of carbonyl (C=O) groups excluding carboxylic acids is 1. The summed E-state index contributed by atoms with van der Waals surface area (Å²) < 4.78 is 4.92. The minimum atomic E-state index is 0.192. The number of rotatable bonds is 6. The van der Waals surface area contributed by atoms with Crippen molar-refractivity contribution in [2.45, 2.75) is 45.6 Å². The Labute approximate surface area is 124 Å². The van der Waals surface area contributed by atoms with E-state index >= 15 is 0 Å². The van der Waals surface area contributed by atoms with Gasteiger partial charge in [-0.15, -0.1) is 0 Å². The lowest BCUT2D eigenvalue weighted by Crippen LogP contribution is -2.42. The standard InChI is InChI=1S/C14H22ClN3O2/c1-3-8-18(11-6-7-16-9-11)13(19)5-4-12-10(2)17-20-14(12)15/h11,16H,3-9H2,1-2H3. The monoisotopic (exact) mass is 299 g/mol. The van der Waals surface area contributed by atoms with Crippen molar-refractivity contribution in [1.29, 1.82) is 0 Å². The van der Waals surface area contributed by atoms with Gasteiger partial charge in [0.25, 0.3) is 0 Å². The molecule has 1 aromatic heterocycles. The van der Waals surface area contributed by atoms with Crippen LogP contribution < -0.4 is 5.32 Å². The van der Waals surface area contributed by atoms with Gasteiger partial charge in [-0.3, -0.25) is 4.79 Å². The predicted molar refractivity (Wildman–Crippen MR) is 77.8 cm³/mol. The normalized spacial score (nSPS) is 18.4. The maximum absolute atomic E-state index is 12.4. The molecule has 1 N–H and O–H groups in total. The summed E-state index contributed by atoms with van der Waals surface area (Å²) in [6.45, 7) is 6.67. The van der Waals surface area contributed by atoms with E-state index in [1.54, 1.807) is 0 Å². The number of aryl methyl sites for hydroxylation is 1. The van der Waals surface area contributed by atoms with Crippen molar-refractivity contribution in [1.82, 2.24) is 15.4 Å². The second-order valence-electron chi connectivity index (χ2n) is 5.25. The van der Waals surface area contributed by atoms with E-state index in [1.807, 2.05) is 11.8 Å². The first-order valence-electron chi connectivity index (χ1n) is 7.24. The molecule has 1 atom stereocenters. The molecule has 0 spiro atoms. The van der Waals surface area contributed by atoms with Crippen molar-refractivity contribution < 1.29 is 9.32 Å². The average Bonchev–Trinajstić information content (AvgIpc) is 3.05. The van der Waals surface area contributed by atoms with Crippen LogP contribution in [0.5, 0.6) is 0 Å². The Kier molecular flexibility index (Phi) is 5.43. The zero-order valence-corrected chi connectivity index (χ0v) is 12.9. The van der Waals surface area contributed by atoms with E-state index in [0.717, 1.165) is 43.7 Å². The number of carbonyl (C=O) groups is 1. The third kappa shape index (κ3) is 3.52. The Hall–Kier alpha value is -1.07. The molecule has 0 aliphatic carbocycles. The highest BCUT2D eigenvalue weighted by molar-refractivity contribution is 6.29. The molecule has 1 unspecified atom stereocenters. The van der Waals surface area contributed by atoms with E-state index in [2.05, 4.69) is 17.4 Å². The van der Waals surface area contributed by atoms with Crippen molar-refractivity contribution in [3.8, 4) is 0 Å². The van der Waals surface area contributed by atoms with Crippen LogP contribution >= 0.6 is 11.6 Å². The molecule has 1 aliphatic heterocycles. The molecule has 1 fully saturated rings. The number of nitrogens with zero attached hydrogens (tertiary/aromatic N) is 2. The van der Waals surface area contributed by atoms with Gasteiger partial charge in [0.2, 0.25) is 11.1 Å². The van der Waals surface area contributed by atoms with E-state index in [0.29, 0.717) is 24.1 Å². The van der Waals surface area contributed by atoms with Crippen LogP contribution in [0, 0.1) is 6.92 Å². The molecule has 1 aromatic rings. The van der Waals surface area contributed by atoms with E-state index in [1.165, 1.54) is 0 Å². The van der Waals surface area contributed by atoms with Gasteiger partial charge < -0.3 is 14.7 Å². The van der Waals surface area contributed by atoms with Gasteiger partial charge in [-0.2, -0.15) is 0 Å². The fraction of sp³-hybridized carbons (Fsp3) is 0.714. The van der Waals surface area contributed by atoms with Crippen LogP contribution in [-0.4, -0.2) is 41.6 Å². The summed E-state index contributed by atoms with van der Waals surface area (Å²) in [4.78, 5) is 14.5. The maximum atomic E-state index is 12.4. The third-order valence-corrected chi connectivity index (χ3v) is 4.08. The van der Waals surface area contributed by atoms with Crippen LogP contribution in [0.1, 0.15) is 37.4 Å². The molecule has 2 heterocycles. The van der Waals surface area contributed by atoms with Crippen molar-refractivity contribution in [3.63, 3.8) is 0 Å². The average molecular weight is 300 g/mol. The molecule has 1 amide bonds. The predicted octanol–water partition coefficient (Wildman–Crippen LogP) is 2.17. The molecular formula is C14H22ClN3O2. The molecule has 5 nitrogen and oxygen atoms in total. The highest BCUT2D eigenvalue weighted by Gasteiger charge is 2.26. The molecule has 0 saturated carbocycles. The summed E-state index contributed by atoms with van der Waals surface area (Å²) in [5.74, 6) is 0.192. The lowest BCUT2D eigenvalue weighted by molar-refractivity contribution is -0.133. The number of hydrogen-bond acceptors (Lipinski definition) is 4. The Morgan fingerprint density at radius 3 is 2.95 bits per heavy atom. The molecule has 0 aromatic carbocycles. The summed E-state index contributed by atoms with van der Waals surface area (Å²) in [5.41, 5.74) is 1.62.